The lowest BCUT2D eigenvalue weighted by Crippen LogP contribution is -2.39. The molecule has 0 amide bonds. The van der Waals surface area contributed by atoms with Gasteiger partial charge in [-0.1, -0.05) is 18.2 Å². The van der Waals surface area contributed by atoms with Crippen molar-refractivity contribution in [2.24, 2.45) is 0 Å². The molecule has 1 N–H and O–H groups in total. The van der Waals surface area contributed by atoms with Gasteiger partial charge in [-0.2, -0.15) is 0 Å². The van der Waals surface area contributed by atoms with E-state index in [1.54, 1.807) is 0 Å². The molecular formula is C11H16N2. The van der Waals surface area contributed by atoms with E-state index in [1.165, 1.54) is 11.3 Å². The zero-order chi connectivity index (χ0) is 9.42. The van der Waals surface area contributed by atoms with Crippen molar-refractivity contribution in [3.8, 4) is 0 Å². The third-order valence-corrected chi connectivity index (χ3v) is 2.51. The average Bonchev–Trinajstić information content (AvgIpc) is 2.45. The summed E-state index contributed by atoms with van der Waals surface area (Å²) in [6.07, 6.45) is 0. The van der Waals surface area contributed by atoms with Gasteiger partial charge in [-0.15, -0.1) is 0 Å². The molecule has 0 fully saturated rings. The molecule has 13 heavy (non-hydrogen) atoms. The second kappa shape index (κ2) is 3.04. The fourth-order valence-corrected chi connectivity index (χ4v) is 1.85. The molecule has 2 rings (SSSR count). The molecule has 1 aliphatic heterocycles. The van der Waals surface area contributed by atoms with Gasteiger partial charge in [0.1, 0.15) is 0 Å². The molecule has 1 atom stereocenters. The Hall–Kier alpha value is -1.02. The number of hydrogen-bond donors (Lipinski definition) is 1. The van der Waals surface area contributed by atoms with Crippen molar-refractivity contribution in [1.29, 1.82) is 0 Å². The zero-order valence-corrected chi connectivity index (χ0v) is 8.41. The van der Waals surface area contributed by atoms with Crippen LogP contribution in [0.1, 0.15) is 32.4 Å². The number of para-hydroxylation sites is 1. The predicted molar refractivity (Wildman–Crippen MR) is 55.6 cm³/mol. The highest BCUT2D eigenvalue weighted by Crippen LogP contribution is 2.32. The fourth-order valence-electron chi connectivity index (χ4n) is 1.85. The molecule has 1 unspecified atom stereocenters. The van der Waals surface area contributed by atoms with Crippen LogP contribution < -0.4 is 10.4 Å². The van der Waals surface area contributed by atoms with E-state index in [0.29, 0.717) is 12.1 Å². The highest BCUT2D eigenvalue weighted by molar-refractivity contribution is 5.58. The molecule has 1 aliphatic rings. The third kappa shape index (κ3) is 1.31. The monoisotopic (exact) mass is 176 g/mol. The largest absolute Gasteiger partial charge is 0.305 e. The molecule has 0 aromatic heterocycles. The van der Waals surface area contributed by atoms with E-state index in [-0.39, 0.29) is 0 Å². The van der Waals surface area contributed by atoms with Crippen LogP contribution in [0.4, 0.5) is 5.69 Å². The summed E-state index contributed by atoms with van der Waals surface area (Å²) in [7, 11) is 0. The average molecular weight is 176 g/mol. The van der Waals surface area contributed by atoms with Crippen LogP contribution in [0.2, 0.25) is 0 Å². The molecule has 1 aromatic carbocycles. The summed E-state index contributed by atoms with van der Waals surface area (Å²) in [4.78, 5) is 0. The number of benzene rings is 1. The number of anilines is 1. The minimum absolute atomic E-state index is 0.443. The van der Waals surface area contributed by atoms with Gasteiger partial charge < -0.3 is 5.01 Å². The molecule has 1 aromatic rings. The van der Waals surface area contributed by atoms with Crippen molar-refractivity contribution in [3.05, 3.63) is 29.8 Å². The molecule has 0 spiro atoms. The van der Waals surface area contributed by atoms with Gasteiger partial charge in [-0.25, -0.2) is 5.43 Å². The van der Waals surface area contributed by atoms with E-state index in [4.69, 9.17) is 0 Å². The SMILES string of the molecule is CC1NN(C(C)C)c2ccccc21. The summed E-state index contributed by atoms with van der Waals surface area (Å²) in [6, 6.07) is 9.50. The Labute approximate surface area is 79.5 Å². The third-order valence-electron chi connectivity index (χ3n) is 2.51. The molecule has 0 saturated heterocycles. The van der Waals surface area contributed by atoms with Crippen LogP contribution in [0.15, 0.2) is 24.3 Å². The Morgan fingerprint density at radius 1 is 1.31 bits per heavy atom. The normalized spacial score (nSPS) is 20.9. The lowest BCUT2D eigenvalue weighted by atomic mass is 10.1. The maximum atomic E-state index is 3.45. The van der Waals surface area contributed by atoms with E-state index in [2.05, 4.69) is 55.5 Å². The van der Waals surface area contributed by atoms with Crippen molar-refractivity contribution in [3.63, 3.8) is 0 Å². The van der Waals surface area contributed by atoms with Crippen LogP contribution in [-0.4, -0.2) is 6.04 Å². The number of fused-ring (bicyclic) bond motifs is 1. The summed E-state index contributed by atoms with van der Waals surface area (Å²) in [6.45, 7) is 6.59. The van der Waals surface area contributed by atoms with Crippen LogP contribution in [0.25, 0.3) is 0 Å². The zero-order valence-electron chi connectivity index (χ0n) is 8.41. The van der Waals surface area contributed by atoms with Crippen LogP contribution in [0.5, 0.6) is 0 Å². The van der Waals surface area contributed by atoms with Crippen molar-refractivity contribution < 1.29 is 0 Å². The van der Waals surface area contributed by atoms with Crippen LogP contribution in [0.3, 0.4) is 0 Å². The van der Waals surface area contributed by atoms with Crippen molar-refractivity contribution in [1.82, 2.24) is 5.43 Å². The first-order valence-corrected chi connectivity index (χ1v) is 4.84. The van der Waals surface area contributed by atoms with Gasteiger partial charge in [0.15, 0.2) is 0 Å². The molecular weight excluding hydrogens is 160 g/mol. The Kier molecular flexibility index (Phi) is 2.00. The first-order valence-electron chi connectivity index (χ1n) is 4.84. The summed E-state index contributed by atoms with van der Waals surface area (Å²) in [5.74, 6) is 0. The number of hydrogen-bond acceptors (Lipinski definition) is 2. The molecule has 0 aliphatic carbocycles. The van der Waals surface area contributed by atoms with Gasteiger partial charge in [0.25, 0.3) is 0 Å². The summed E-state index contributed by atoms with van der Waals surface area (Å²) in [5.41, 5.74) is 6.18. The summed E-state index contributed by atoms with van der Waals surface area (Å²) < 4.78 is 0. The molecule has 0 saturated carbocycles. The summed E-state index contributed by atoms with van der Waals surface area (Å²) in [5, 5.41) is 2.24. The Morgan fingerprint density at radius 2 is 2.00 bits per heavy atom. The lowest BCUT2D eigenvalue weighted by Gasteiger charge is -2.24. The Morgan fingerprint density at radius 3 is 2.69 bits per heavy atom. The van der Waals surface area contributed by atoms with Gasteiger partial charge in [-0.05, 0) is 32.4 Å². The highest BCUT2D eigenvalue weighted by Gasteiger charge is 2.25. The smallest absolute Gasteiger partial charge is 0.0571 e. The molecule has 2 heteroatoms. The van der Waals surface area contributed by atoms with Gasteiger partial charge in [0.05, 0.1) is 11.7 Å². The van der Waals surface area contributed by atoms with E-state index in [1.807, 2.05) is 0 Å². The topological polar surface area (TPSA) is 15.3 Å². The highest BCUT2D eigenvalue weighted by atomic mass is 15.5. The maximum absolute atomic E-state index is 3.45. The van der Waals surface area contributed by atoms with Gasteiger partial charge in [0.2, 0.25) is 0 Å². The number of rotatable bonds is 1. The van der Waals surface area contributed by atoms with E-state index < -0.39 is 0 Å². The Balaban J connectivity index is 2.41. The predicted octanol–water partition coefficient (Wildman–Crippen LogP) is 2.48. The Bertz CT molecular complexity index is 307. The molecule has 2 nitrogen and oxygen atoms in total. The minimum atomic E-state index is 0.443. The van der Waals surface area contributed by atoms with Crippen molar-refractivity contribution in [2.75, 3.05) is 5.01 Å². The van der Waals surface area contributed by atoms with Crippen LogP contribution >= 0.6 is 0 Å². The van der Waals surface area contributed by atoms with Gasteiger partial charge >= 0.3 is 0 Å². The fraction of sp³-hybridized carbons (Fsp3) is 0.455. The van der Waals surface area contributed by atoms with E-state index >= 15 is 0 Å². The molecule has 1 heterocycles. The molecule has 0 bridgehead atoms. The van der Waals surface area contributed by atoms with Crippen LogP contribution in [0, 0.1) is 0 Å². The molecule has 70 valence electrons. The van der Waals surface area contributed by atoms with E-state index in [0.717, 1.165) is 0 Å². The molecule has 0 radical (unpaired) electrons. The summed E-state index contributed by atoms with van der Waals surface area (Å²) >= 11 is 0. The van der Waals surface area contributed by atoms with Crippen molar-refractivity contribution in [2.45, 2.75) is 32.9 Å². The number of nitrogens with one attached hydrogen (secondary N) is 1. The first kappa shape index (κ1) is 8.57. The van der Waals surface area contributed by atoms with Crippen LogP contribution in [-0.2, 0) is 0 Å². The van der Waals surface area contributed by atoms with Gasteiger partial charge in [0, 0.05) is 6.04 Å². The lowest BCUT2D eigenvalue weighted by molar-refractivity contribution is 0.537. The second-order valence-corrected chi connectivity index (χ2v) is 3.87. The second-order valence-electron chi connectivity index (χ2n) is 3.87. The maximum Gasteiger partial charge on any atom is 0.0571 e. The standard InChI is InChI=1S/C11H16N2/c1-8(2)13-11-7-5-4-6-10(11)9(3)12-13/h4-9,12H,1-3H3. The number of hydrazine groups is 1. The van der Waals surface area contributed by atoms with Crippen molar-refractivity contribution >= 4 is 5.69 Å². The quantitative estimate of drug-likeness (QED) is 0.707. The van der Waals surface area contributed by atoms with Gasteiger partial charge in [-0.3, -0.25) is 0 Å². The first-order chi connectivity index (χ1) is 6.20. The minimum Gasteiger partial charge on any atom is -0.305 e. The van der Waals surface area contributed by atoms with E-state index in [9.17, 15) is 0 Å². The number of nitrogens with zero attached hydrogens (tertiary/aromatic N) is 1.